The largest absolute Gasteiger partial charge is 0.396 e. The molecule has 0 saturated carbocycles. The van der Waals surface area contributed by atoms with Crippen LogP contribution in [-0.4, -0.2) is 36.2 Å². The van der Waals surface area contributed by atoms with Gasteiger partial charge in [-0.25, -0.2) is 0 Å². The highest BCUT2D eigenvalue weighted by Crippen LogP contribution is 2.27. The van der Waals surface area contributed by atoms with Crippen LogP contribution < -0.4 is 0 Å². The first kappa shape index (κ1) is 14.9. The SMILES string of the molecule is CCC(CC)(CO)CN(C)C(C)C(C)C. The van der Waals surface area contributed by atoms with E-state index in [1.165, 1.54) is 0 Å². The summed E-state index contributed by atoms with van der Waals surface area (Å²) >= 11 is 0. The molecule has 0 aliphatic rings. The van der Waals surface area contributed by atoms with Crippen LogP contribution in [-0.2, 0) is 0 Å². The topological polar surface area (TPSA) is 23.5 Å². The highest BCUT2D eigenvalue weighted by Gasteiger charge is 2.28. The molecule has 0 heterocycles. The average molecular weight is 215 g/mol. The van der Waals surface area contributed by atoms with Gasteiger partial charge in [0.15, 0.2) is 0 Å². The van der Waals surface area contributed by atoms with Crippen LogP contribution in [0.25, 0.3) is 0 Å². The van der Waals surface area contributed by atoms with E-state index in [4.69, 9.17) is 0 Å². The standard InChI is InChI=1S/C13H29NO/c1-7-13(8-2,10-15)9-14(6)12(5)11(3)4/h11-12,15H,7-10H2,1-6H3. The normalized spacial score (nSPS) is 15.0. The molecule has 1 N–H and O–H groups in total. The lowest BCUT2D eigenvalue weighted by Crippen LogP contribution is -2.43. The molecule has 15 heavy (non-hydrogen) atoms. The summed E-state index contributed by atoms with van der Waals surface area (Å²) in [4.78, 5) is 2.38. The molecule has 2 heteroatoms. The number of nitrogens with zero attached hydrogens (tertiary/aromatic N) is 1. The highest BCUT2D eigenvalue weighted by atomic mass is 16.3. The third kappa shape index (κ3) is 4.12. The Labute approximate surface area is 95.7 Å². The van der Waals surface area contributed by atoms with Gasteiger partial charge in [0.25, 0.3) is 0 Å². The zero-order valence-electron chi connectivity index (χ0n) is 11.4. The van der Waals surface area contributed by atoms with Gasteiger partial charge in [0.05, 0.1) is 0 Å². The Morgan fingerprint density at radius 3 is 1.87 bits per heavy atom. The molecule has 1 atom stereocenters. The second-order valence-corrected chi connectivity index (χ2v) is 5.26. The van der Waals surface area contributed by atoms with Gasteiger partial charge in [0.2, 0.25) is 0 Å². The molecule has 0 amide bonds. The number of hydrogen-bond donors (Lipinski definition) is 1. The van der Waals surface area contributed by atoms with Crippen molar-refractivity contribution in [2.75, 3.05) is 20.2 Å². The molecule has 0 aromatic rings. The molecule has 0 aromatic carbocycles. The van der Waals surface area contributed by atoms with E-state index in [-0.39, 0.29) is 5.41 Å². The summed E-state index contributed by atoms with van der Waals surface area (Å²) in [5.74, 6) is 0.667. The van der Waals surface area contributed by atoms with Crippen molar-refractivity contribution in [3.8, 4) is 0 Å². The van der Waals surface area contributed by atoms with Crippen LogP contribution in [0, 0.1) is 11.3 Å². The highest BCUT2D eigenvalue weighted by molar-refractivity contribution is 4.81. The molecule has 0 radical (unpaired) electrons. The monoisotopic (exact) mass is 215 g/mol. The van der Waals surface area contributed by atoms with E-state index in [9.17, 15) is 5.11 Å². The molecule has 0 aromatic heterocycles. The minimum absolute atomic E-state index is 0.0951. The Hall–Kier alpha value is -0.0800. The van der Waals surface area contributed by atoms with Gasteiger partial charge in [-0.1, -0.05) is 27.7 Å². The average Bonchev–Trinajstić information content (AvgIpc) is 2.24. The lowest BCUT2D eigenvalue weighted by molar-refractivity contribution is 0.0540. The first-order valence-corrected chi connectivity index (χ1v) is 6.23. The van der Waals surface area contributed by atoms with Crippen LogP contribution >= 0.6 is 0 Å². The summed E-state index contributed by atoms with van der Waals surface area (Å²) in [7, 11) is 2.17. The Balaban J connectivity index is 4.40. The predicted molar refractivity (Wildman–Crippen MR) is 67.0 cm³/mol. The second kappa shape index (κ2) is 6.49. The summed E-state index contributed by atoms with van der Waals surface area (Å²) in [5, 5.41) is 9.52. The van der Waals surface area contributed by atoms with Gasteiger partial charge in [0, 0.05) is 24.6 Å². The molecule has 0 fully saturated rings. The van der Waals surface area contributed by atoms with Crippen molar-refractivity contribution in [3.63, 3.8) is 0 Å². The van der Waals surface area contributed by atoms with Crippen LogP contribution in [0.15, 0.2) is 0 Å². The molecule has 0 aliphatic carbocycles. The van der Waals surface area contributed by atoms with Gasteiger partial charge in [0.1, 0.15) is 0 Å². The van der Waals surface area contributed by atoms with Crippen molar-refractivity contribution in [2.45, 2.75) is 53.5 Å². The van der Waals surface area contributed by atoms with E-state index in [0.29, 0.717) is 18.6 Å². The maximum Gasteiger partial charge on any atom is 0.0499 e. The lowest BCUT2D eigenvalue weighted by Gasteiger charge is -2.38. The Kier molecular flexibility index (Phi) is 6.46. The van der Waals surface area contributed by atoms with Crippen molar-refractivity contribution in [1.29, 1.82) is 0 Å². The molecular formula is C13H29NO. The Morgan fingerprint density at radius 1 is 1.13 bits per heavy atom. The molecule has 92 valence electrons. The van der Waals surface area contributed by atoms with Crippen LogP contribution in [0.4, 0.5) is 0 Å². The molecule has 0 saturated heterocycles. The van der Waals surface area contributed by atoms with E-state index in [0.717, 1.165) is 19.4 Å². The smallest absolute Gasteiger partial charge is 0.0499 e. The van der Waals surface area contributed by atoms with Crippen molar-refractivity contribution >= 4 is 0 Å². The molecular weight excluding hydrogens is 186 g/mol. The van der Waals surface area contributed by atoms with Gasteiger partial charge >= 0.3 is 0 Å². The van der Waals surface area contributed by atoms with Crippen LogP contribution in [0.1, 0.15) is 47.5 Å². The van der Waals surface area contributed by atoms with Gasteiger partial charge < -0.3 is 10.0 Å². The van der Waals surface area contributed by atoms with E-state index in [2.05, 4.69) is 46.6 Å². The van der Waals surface area contributed by atoms with E-state index in [1.807, 2.05) is 0 Å². The minimum atomic E-state index is 0.0951. The van der Waals surface area contributed by atoms with Crippen molar-refractivity contribution < 1.29 is 5.11 Å². The van der Waals surface area contributed by atoms with Crippen molar-refractivity contribution in [1.82, 2.24) is 4.90 Å². The van der Waals surface area contributed by atoms with Gasteiger partial charge in [-0.2, -0.15) is 0 Å². The van der Waals surface area contributed by atoms with Crippen LogP contribution in [0.2, 0.25) is 0 Å². The van der Waals surface area contributed by atoms with Gasteiger partial charge in [-0.3, -0.25) is 0 Å². The summed E-state index contributed by atoms with van der Waals surface area (Å²) in [6.07, 6.45) is 2.10. The zero-order valence-corrected chi connectivity index (χ0v) is 11.4. The quantitative estimate of drug-likeness (QED) is 0.706. The minimum Gasteiger partial charge on any atom is -0.396 e. The number of rotatable bonds is 7. The number of hydrogen-bond acceptors (Lipinski definition) is 2. The lowest BCUT2D eigenvalue weighted by atomic mass is 9.82. The third-order valence-electron chi connectivity index (χ3n) is 4.08. The van der Waals surface area contributed by atoms with Crippen LogP contribution in [0.3, 0.4) is 0 Å². The maximum atomic E-state index is 9.52. The summed E-state index contributed by atoms with van der Waals surface area (Å²) in [6, 6.07) is 0.578. The fourth-order valence-corrected chi connectivity index (χ4v) is 1.93. The molecule has 2 nitrogen and oxygen atoms in total. The Bertz CT molecular complexity index is 156. The predicted octanol–water partition coefficient (Wildman–Crippen LogP) is 2.76. The zero-order chi connectivity index (χ0) is 12.1. The molecule has 0 rings (SSSR count). The fraction of sp³-hybridized carbons (Fsp3) is 1.00. The van der Waals surface area contributed by atoms with Crippen molar-refractivity contribution in [3.05, 3.63) is 0 Å². The molecule has 0 bridgehead atoms. The second-order valence-electron chi connectivity index (χ2n) is 5.26. The van der Waals surface area contributed by atoms with E-state index >= 15 is 0 Å². The number of aliphatic hydroxyl groups excluding tert-OH is 1. The van der Waals surface area contributed by atoms with Crippen LogP contribution in [0.5, 0.6) is 0 Å². The first-order valence-electron chi connectivity index (χ1n) is 6.23. The third-order valence-corrected chi connectivity index (χ3v) is 4.08. The van der Waals surface area contributed by atoms with Gasteiger partial charge in [-0.15, -0.1) is 0 Å². The van der Waals surface area contributed by atoms with E-state index < -0.39 is 0 Å². The van der Waals surface area contributed by atoms with Gasteiger partial charge in [-0.05, 0) is 32.7 Å². The van der Waals surface area contributed by atoms with E-state index in [1.54, 1.807) is 0 Å². The summed E-state index contributed by atoms with van der Waals surface area (Å²) < 4.78 is 0. The number of aliphatic hydroxyl groups is 1. The summed E-state index contributed by atoms with van der Waals surface area (Å²) in [6.45, 7) is 12.4. The Morgan fingerprint density at radius 2 is 1.60 bits per heavy atom. The summed E-state index contributed by atoms with van der Waals surface area (Å²) in [5.41, 5.74) is 0.0951. The molecule has 0 aliphatic heterocycles. The molecule has 1 unspecified atom stereocenters. The fourth-order valence-electron chi connectivity index (χ4n) is 1.93. The maximum absolute atomic E-state index is 9.52. The first-order chi connectivity index (χ1) is 6.92. The van der Waals surface area contributed by atoms with Crippen molar-refractivity contribution in [2.24, 2.45) is 11.3 Å². The molecule has 0 spiro atoms.